The molecule has 22 heavy (non-hydrogen) atoms. The van der Waals surface area contributed by atoms with Gasteiger partial charge in [-0.1, -0.05) is 0 Å². The van der Waals surface area contributed by atoms with Crippen molar-refractivity contribution in [1.82, 2.24) is 10.3 Å². The molecule has 10 heteroatoms. The molecular formula is C12H23N3O7. The molecule has 1 rings (SSSR count). The van der Waals surface area contributed by atoms with Gasteiger partial charge >= 0.3 is 6.03 Å². The summed E-state index contributed by atoms with van der Waals surface area (Å²) in [5.74, 6) is 0. The van der Waals surface area contributed by atoms with Gasteiger partial charge in [-0.05, 0) is 13.8 Å². The second-order valence-corrected chi connectivity index (χ2v) is 4.69. The summed E-state index contributed by atoms with van der Waals surface area (Å²) >= 11 is 0. The fraction of sp³-hybridized carbons (Fsp3) is 0.917. The normalized spacial score (nSPS) is 29.1. The van der Waals surface area contributed by atoms with E-state index in [0.29, 0.717) is 18.2 Å². The van der Waals surface area contributed by atoms with Crippen molar-refractivity contribution < 1.29 is 29.2 Å². The van der Waals surface area contributed by atoms with Crippen LogP contribution in [0, 0.1) is 4.91 Å². The molecular weight excluding hydrogens is 298 g/mol. The maximum Gasteiger partial charge on any atom is 0.340 e. The molecule has 0 unspecified atom stereocenters. The molecule has 5 atom stereocenters. The zero-order chi connectivity index (χ0) is 16.7. The lowest BCUT2D eigenvalue weighted by molar-refractivity contribution is -0.179. The first kappa shape index (κ1) is 18.7. The van der Waals surface area contributed by atoms with Crippen LogP contribution < -0.4 is 5.32 Å². The summed E-state index contributed by atoms with van der Waals surface area (Å²) in [5.41, 5.74) is 0. The molecule has 1 aliphatic rings. The Balaban J connectivity index is 2.66. The van der Waals surface area contributed by atoms with Gasteiger partial charge in [0.2, 0.25) is 0 Å². The molecule has 1 saturated heterocycles. The molecule has 0 aromatic heterocycles. The molecule has 1 heterocycles. The predicted octanol–water partition coefficient (Wildman–Crippen LogP) is -0.802. The number of amides is 2. The van der Waals surface area contributed by atoms with Gasteiger partial charge in [0, 0.05) is 26.8 Å². The third-order valence-corrected chi connectivity index (χ3v) is 3.21. The van der Waals surface area contributed by atoms with Crippen LogP contribution in [-0.4, -0.2) is 78.8 Å². The van der Waals surface area contributed by atoms with E-state index >= 15 is 0 Å². The lowest BCUT2D eigenvalue weighted by Crippen LogP contribution is -2.48. The first-order chi connectivity index (χ1) is 10.5. The van der Waals surface area contributed by atoms with Gasteiger partial charge in [-0.25, -0.2) is 4.79 Å². The number of rotatable bonds is 8. The van der Waals surface area contributed by atoms with Crippen molar-refractivity contribution in [2.45, 2.75) is 44.6 Å². The van der Waals surface area contributed by atoms with Crippen LogP contribution >= 0.6 is 0 Å². The van der Waals surface area contributed by atoms with Gasteiger partial charge in [0.25, 0.3) is 0 Å². The molecule has 0 aromatic carbocycles. The molecule has 3 N–H and O–H groups in total. The lowest BCUT2D eigenvalue weighted by atomic mass is 10.1. The van der Waals surface area contributed by atoms with Gasteiger partial charge in [0.1, 0.15) is 24.4 Å². The molecule has 128 valence electrons. The average Bonchev–Trinajstić information content (AvgIpc) is 2.79. The number of hydrogen-bond donors (Lipinski definition) is 3. The van der Waals surface area contributed by atoms with Crippen LogP contribution in [0.5, 0.6) is 0 Å². The van der Waals surface area contributed by atoms with Crippen molar-refractivity contribution in [3.05, 3.63) is 4.91 Å². The third-order valence-electron chi connectivity index (χ3n) is 3.21. The third kappa shape index (κ3) is 4.58. The van der Waals surface area contributed by atoms with Crippen LogP contribution in [0.3, 0.4) is 0 Å². The lowest BCUT2D eigenvalue weighted by Gasteiger charge is -2.26. The number of carbonyl (C=O) groups is 1. The smallest absolute Gasteiger partial charge is 0.340 e. The summed E-state index contributed by atoms with van der Waals surface area (Å²) in [5, 5.41) is 25.4. The zero-order valence-electron chi connectivity index (χ0n) is 12.8. The highest BCUT2D eigenvalue weighted by Gasteiger charge is 2.47. The quantitative estimate of drug-likeness (QED) is 0.394. The van der Waals surface area contributed by atoms with Crippen molar-refractivity contribution in [1.29, 1.82) is 0 Å². The van der Waals surface area contributed by atoms with Gasteiger partial charge in [0.15, 0.2) is 6.29 Å². The number of nitroso groups, excluding NO2 is 1. The Morgan fingerprint density at radius 3 is 2.59 bits per heavy atom. The highest BCUT2D eigenvalue weighted by molar-refractivity contribution is 5.73. The van der Waals surface area contributed by atoms with Crippen molar-refractivity contribution in [3.8, 4) is 0 Å². The Morgan fingerprint density at radius 2 is 2.05 bits per heavy atom. The first-order valence-corrected chi connectivity index (χ1v) is 7.05. The minimum atomic E-state index is -1.22. The molecule has 0 bridgehead atoms. The van der Waals surface area contributed by atoms with Gasteiger partial charge in [-0.2, -0.15) is 5.01 Å². The van der Waals surface area contributed by atoms with Crippen LogP contribution in [0.4, 0.5) is 4.79 Å². The summed E-state index contributed by atoms with van der Waals surface area (Å²) < 4.78 is 16.1. The fourth-order valence-corrected chi connectivity index (χ4v) is 2.10. The van der Waals surface area contributed by atoms with E-state index in [-0.39, 0.29) is 6.54 Å². The van der Waals surface area contributed by atoms with Crippen molar-refractivity contribution >= 4 is 6.03 Å². The minimum Gasteiger partial charge on any atom is -0.387 e. The van der Waals surface area contributed by atoms with Crippen LogP contribution in [0.25, 0.3) is 0 Å². The molecule has 0 saturated carbocycles. The van der Waals surface area contributed by atoms with E-state index in [1.165, 1.54) is 7.05 Å². The number of ether oxygens (including phenoxy) is 3. The second kappa shape index (κ2) is 8.96. The largest absolute Gasteiger partial charge is 0.387 e. The number of hydrogen-bond acceptors (Lipinski definition) is 8. The molecule has 1 fully saturated rings. The summed E-state index contributed by atoms with van der Waals surface area (Å²) in [7, 11) is 1.20. The summed E-state index contributed by atoms with van der Waals surface area (Å²) in [4.78, 5) is 21.8. The summed E-state index contributed by atoms with van der Waals surface area (Å²) in [6, 6.07) is -0.714. The molecule has 1 aliphatic heterocycles. The maximum atomic E-state index is 11.5. The van der Waals surface area contributed by atoms with E-state index in [9.17, 15) is 19.9 Å². The first-order valence-electron chi connectivity index (χ1n) is 7.05. The van der Waals surface area contributed by atoms with E-state index < -0.39 is 36.7 Å². The van der Waals surface area contributed by atoms with Crippen LogP contribution in [0.15, 0.2) is 5.29 Å². The maximum absolute atomic E-state index is 11.5. The Hall–Kier alpha value is -1.33. The Kier molecular flexibility index (Phi) is 7.62. The zero-order valence-corrected chi connectivity index (χ0v) is 12.8. The standard InChI is InChI=1S/C12H23N3O7/c1-4-20-7(6-13-12(18)15(3)14-19)10-8(16)9(17)11(22-10)21-5-2/h7-11,16-17H,4-6H2,1-3H3,(H,13,18)/t7-,8-,9-,10-,11+/m1/s1. The molecule has 0 radical (unpaired) electrons. The minimum absolute atomic E-state index is 0.0280. The molecule has 0 aliphatic carbocycles. The van der Waals surface area contributed by atoms with Crippen LogP contribution in [0.2, 0.25) is 0 Å². The Labute approximate surface area is 128 Å². The van der Waals surface area contributed by atoms with Gasteiger partial charge < -0.3 is 29.7 Å². The Bertz CT molecular complexity index is 371. The molecule has 0 aromatic rings. The van der Waals surface area contributed by atoms with Crippen molar-refractivity contribution in [3.63, 3.8) is 0 Å². The predicted molar refractivity (Wildman–Crippen MR) is 74.7 cm³/mol. The van der Waals surface area contributed by atoms with Crippen LogP contribution in [-0.2, 0) is 14.2 Å². The highest BCUT2D eigenvalue weighted by atomic mass is 16.7. The van der Waals surface area contributed by atoms with Crippen LogP contribution in [0.1, 0.15) is 13.8 Å². The van der Waals surface area contributed by atoms with Crippen molar-refractivity contribution in [2.24, 2.45) is 5.29 Å². The number of carbonyl (C=O) groups excluding carboxylic acids is 1. The summed E-state index contributed by atoms with van der Waals surface area (Å²) in [6.07, 6.45) is -4.97. The number of aliphatic hydroxyl groups excluding tert-OH is 2. The highest BCUT2D eigenvalue weighted by Crippen LogP contribution is 2.25. The number of nitrogens with zero attached hydrogens (tertiary/aromatic N) is 2. The summed E-state index contributed by atoms with van der Waals surface area (Å²) in [6.45, 7) is 4.07. The van der Waals surface area contributed by atoms with Crippen molar-refractivity contribution in [2.75, 3.05) is 26.8 Å². The van der Waals surface area contributed by atoms with Gasteiger partial charge in [-0.15, -0.1) is 4.91 Å². The van der Waals surface area contributed by atoms with E-state index in [1.807, 2.05) is 0 Å². The number of nitrogens with one attached hydrogen (secondary N) is 1. The van der Waals surface area contributed by atoms with Gasteiger partial charge in [-0.3, -0.25) is 0 Å². The van der Waals surface area contributed by atoms with E-state index in [4.69, 9.17) is 14.2 Å². The molecule has 0 spiro atoms. The van der Waals surface area contributed by atoms with Gasteiger partial charge in [0.05, 0.1) is 5.29 Å². The van der Waals surface area contributed by atoms with E-state index in [1.54, 1.807) is 13.8 Å². The average molecular weight is 321 g/mol. The second-order valence-electron chi connectivity index (χ2n) is 4.69. The van der Waals surface area contributed by atoms with E-state index in [0.717, 1.165) is 0 Å². The monoisotopic (exact) mass is 321 g/mol. The van der Waals surface area contributed by atoms with E-state index in [2.05, 4.69) is 10.6 Å². The topological polar surface area (TPSA) is 130 Å². The molecule has 2 amide bonds. The number of aliphatic hydroxyl groups is 2. The Morgan fingerprint density at radius 1 is 1.36 bits per heavy atom. The fourth-order valence-electron chi connectivity index (χ4n) is 2.10. The number of urea groups is 1. The molecule has 10 nitrogen and oxygen atoms in total. The SMILES string of the molecule is CCO[C@H]1O[C@H]([C@@H](CNC(=O)N(C)N=O)OCC)[C@H](O)[C@H]1O.